The lowest BCUT2D eigenvalue weighted by atomic mass is 10.1. The number of halogens is 3. The summed E-state index contributed by atoms with van der Waals surface area (Å²) < 4.78 is 39.5. The van der Waals surface area contributed by atoms with Crippen molar-refractivity contribution in [2.75, 3.05) is 27.2 Å². The van der Waals surface area contributed by atoms with Gasteiger partial charge in [0.2, 0.25) is 11.8 Å². The van der Waals surface area contributed by atoms with Crippen LogP contribution in [0.5, 0.6) is 0 Å². The fourth-order valence-corrected chi connectivity index (χ4v) is 2.62. The van der Waals surface area contributed by atoms with Gasteiger partial charge in [0, 0.05) is 27.1 Å². The number of rotatable bonds is 6. The third kappa shape index (κ3) is 5.30. The largest absolute Gasteiger partial charge is 0.406 e. The number of fused-ring (bicyclic) bond motifs is 1. The quantitative estimate of drug-likeness (QED) is 0.740. The second-order valence-corrected chi connectivity index (χ2v) is 6.62. The Kier molecular flexibility index (Phi) is 6.42. The number of para-hydroxylation sites is 1. The van der Waals surface area contributed by atoms with Gasteiger partial charge in [-0.1, -0.05) is 12.1 Å². The first-order chi connectivity index (χ1) is 13.0. The lowest BCUT2D eigenvalue weighted by molar-refractivity contribution is -0.164. The molecule has 0 bridgehead atoms. The van der Waals surface area contributed by atoms with E-state index < -0.39 is 31.1 Å². The number of hydrogen-bond donors (Lipinski definition) is 0. The number of carbonyl (C=O) groups is 2. The summed E-state index contributed by atoms with van der Waals surface area (Å²) in [5.74, 6) is -1.50. The molecule has 7 nitrogen and oxygen atoms in total. The van der Waals surface area contributed by atoms with Crippen molar-refractivity contribution in [2.24, 2.45) is 0 Å². The molecule has 2 rings (SSSR count). The van der Waals surface area contributed by atoms with Gasteiger partial charge >= 0.3 is 6.18 Å². The van der Waals surface area contributed by atoms with E-state index in [1.807, 2.05) is 0 Å². The maximum absolute atomic E-state index is 12.8. The molecule has 1 aromatic carbocycles. The highest BCUT2D eigenvalue weighted by molar-refractivity contribution is 5.84. The highest BCUT2D eigenvalue weighted by atomic mass is 19.4. The minimum atomic E-state index is -4.64. The Labute approximate surface area is 159 Å². The van der Waals surface area contributed by atoms with E-state index in [2.05, 4.69) is 4.98 Å². The third-order valence-electron chi connectivity index (χ3n) is 4.17. The molecule has 0 unspecified atom stereocenters. The van der Waals surface area contributed by atoms with Crippen LogP contribution in [-0.4, -0.2) is 64.5 Å². The van der Waals surface area contributed by atoms with E-state index in [1.54, 1.807) is 25.1 Å². The molecule has 0 fully saturated rings. The van der Waals surface area contributed by atoms with Crippen molar-refractivity contribution in [1.29, 1.82) is 0 Å². The summed E-state index contributed by atoms with van der Waals surface area (Å²) in [7, 11) is 2.78. The van der Waals surface area contributed by atoms with Gasteiger partial charge in [-0.15, -0.1) is 0 Å². The molecule has 0 aliphatic heterocycles. The Hall–Kier alpha value is -2.91. The van der Waals surface area contributed by atoms with Gasteiger partial charge in [-0.2, -0.15) is 13.2 Å². The van der Waals surface area contributed by atoms with Gasteiger partial charge in [0.1, 0.15) is 13.1 Å². The lowest BCUT2D eigenvalue weighted by Crippen LogP contribution is -2.45. The number of amides is 2. The van der Waals surface area contributed by atoms with E-state index in [-0.39, 0.29) is 18.5 Å². The van der Waals surface area contributed by atoms with Gasteiger partial charge in [-0.3, -0.25) is 19.0 Å². The maximum atomic E-state index is 12.8. The summed E-state index contributed by atoms with van der Waals surface area (Å²) in [6, 6.07) is 5.11. The SMILES string of the molecule is Cc1cccc2c(=O)n(CCC(=O)N(CC(=O)N(C)C)CC(F)(F)F)cnc12. The van der Waals surface area contributed by atoms with Crippen molar-refractivity contribution in [2.45, 2.75) is 26.1 Å². The number of alkyl halides is 3. The second-order valence-electron chi connectivity index (χ2n) is 6.62. The smallest absolute Gasteiger partial charge is 0.347 e. The maximum Gasteiger partial charge on any atom is 0.406 e. The molecule has 0 saturated heterocycles. The van der Waals surface area contributed by atoms with E-state index in [0.717, 1.165) is 10.5 Å². The van der Waals surface area contributed by atoms with E-state index in [0.29, 0.717) is 15.8 Å². The molecular weight excluding hydrogens is 377 g/mol. The van der Waals surface area contributed by atoms with Gasteiger partial charge in [0.25, 0.3) is 5.56 Å². The van der Waals surface area contributed by atoms with Crippen LogP contribution >= 0.6 is 0 Å². The molecular formula is C18H21F3N4O3. The monoisotopic (exact) mass is 398 g/mol. The molecule has 0 radical (unpaired) electrons. The predicted octanol–water partition coefficient (Wildman–Crippen LogP) is 1.57. The number of likely N-dealkylation sites (N-methyl/N-ethyl adjacent to an activating group) is 1. The van der Waals surface area contributed by atoms with Crippen LogP contribution < -0.4 is 5.56 Å². The Morgan fingerprint density at radius 2 is 1.86 bits per heavy atom. The second kappa shape index (κ2) is 8.41. The average Bonchev–Trinajstić information content (AvgIpc) is 2.59. The molecule has 0 spiro atoms. The molecule has 0 atom stereocenters. The van der Waals surface area contributed by atoms with Gasteiger partial charge < -0.3 is 9.80 Å². The summed E-state index contributed by atoms with van der Waals surface area (Å²) >= 11 is 0. The summed E-state index contributed by atoms with van der Waals surface area (Å²) in [5.41, 5.74) is 0.968. The fourth-order valence-electron chi connectivity index (χ4n) is 2.62. The first kappa shape index (κ1) is 21.4. The summed E-state index contributed by atoms with van der Waals surface area (Å²) in [6.45, 7) is -0.552. The first-order valence-corrected chi connectivity index (χ1v) is 8.49. The van der Waals surface area contributed by atoms with Crippen molar-refractivity contribution in [3.8, 4) is 0 Å². The van der Waals surface area contributed by atoms with Crippen molar-refractivity contribution in [1.82, 2.24) is 19.4 Å². The van der Waals surface area contributed by atoms with Crippen molar-refractivity contribution < 1.29 is 22.8 Å². The number of hydrogen-bond acceptors (Lipinski definition) is 4. The van der Waals surface area contributed by atoms with Crippen LogP contribution in [0.1, 0.15) is 12.0 Å². The standard InChI is InChI=1S/C18H21F3N4O3/c1-12-5-4-6-13-16(12)22-11-24(17(13)28)8-7-14(26)25(10-18(19,20)21)9-15(27)23(2)3/h4-6,11H,7-10H2,1-3H3. The Morgan fingerprint density at radius 1 is 1.18 bits per heavy atom. The molecule has 2 aromatic rings. The summed E-state index contributed by atoms with van der Waals surface area (Å²) in [5, 5.41) is 0.366. The summed E-state index contributed by atoms with van der Waals surface area (Å²) in [4.78, 5) is 42.3. The van der Waals surface area contributed by atoms with Crippen molar-refractivity contribution >= 4 is 22.7 Å². The Balaban J connectivity index is 2.17. The molecule has 1 aromatic heterocycles. The third-order valence-corrected chi connectivity index (χ3v) is 4.17. The van der Waals surface area contributed by atoms with Gasteiger partial charge in [-0.25, -0.2) is 4.98 Å². The molecule has 0 N–H and O–H groups in total. The van der Waals surface area contributed by atoms with E-state index in [9.17, 15) is 27.6 Å². The minimum absolute atomic E-state index is 0.140. The van der Waals surface area contributed by atoms with Crippen LogP contribution in [0.4, 0.5) is 13.2 Å². The number of benzene rings is 1. The molecule has 0 aliphatic carbocycles. The van der Waals surface area contributed by atoms with Gasteiger partial charge in [0.05, 0.1) is 17.2 Å². The van der Waals surface area contributed by atoms with Crippen molar-refractivity contribution in [3.63, 3.8) is 0 Å². The van der Waals surface area contributed by atoms with Crippen LogP contribution in [-0.2, 0) is 16.1 Å². The fraction of sp³-hybridized carbons (Fsp3) is 0.444. The number of carbonyl (C=O) groups excluding carboxylic acids is 2. The average molecular weight is 398 g/mol. The lowest BCUT2D eigenvalue weighted by Gasteiger charge is -2.25. The molecule has 0 saturated carbocycles. The van der Waals surface area contributed by atoms with Crippen LogP contribution in [0.2, 0.25) is 0 Å². The molecule has 0 aliphatic rings. The Morgan fingerprint density at radius 3 is 2.46 bits per heavy atom. The van der Waals surface area contributed by atoms with Crippen LogP contribution in [0.3, 0.4) is 0 Å². The van der Waals surface area contributed by atoms with Crippen LogP contribution in [0, 0.1) is 6.92 Å². The minimum Gasteiger partial charge on any atom is -0.347 e. The van der Waals surface area contributed by atoms with E-state index in [1.165, 1.54) is 25.0 Å². The van der Waals surface area contributed by atoms with E-state index >= 15 is 0 Å². The zero-order valence-electron chi connectivity index (χ0n) is 15.8. The van der Waals surface area contributed by atoms with Crippen LogP contribution in [0.15, 0.2) is 29.3 Å². The van der Waals surface area contributed by atoms with Crippen LogP contribution in [0.25, 0.3) is 10.9 Å². The van der Waals surface area contributed by atoms with Gasteiger partial charge in [-0.05, 0) is 18.6 Å². The molecule has 10 heteroatoms. The van der Waals surface area contributed by atoms with Crippen molar-refractivity contribution in [3.05, 3.63) is 40.4 Å². The first-order valence-electron chi connectivity index (χ1n) is 8.49. The normalized spacial score (nSPS) is 11.5. The number of aromatic nitrogens is 2. The zero-order chi connectivity index (χ0) is 21.1. The van der Waals surface area contributed by atoms with Gasteiger partial charge in [0.15, 0.2) is 0 Å². The Bertz CT molecular complexity index is 938. The molecule has 28 heavy (non-hydrogen) atoms. The predicted molar refractivity (Wildman–Crippen MR) is 96.7 cm³/mol. The zero-order valence-corrected chi connectivity index (χ0v) is 15.8. The number of nitrogens with zero attached hydrogens (tertiary/aromatic N) is 4. The number of aryl methyl sites for hydroxylation is 2. The molecule has 2 amide bonds. The topological polar surface area (TPSA) is 75.5 Å². The highest BCUT2D eigenvalue weighted by Crippen LogP contribution is 2.17. The summed E-state index contributed by atoms with van der Waals surface area (Å²) in [6.07, 6.45) is -3.74. The van der Waals surface area contributed by atoms with E-state index in [4.69, 9.17) is 0 Å². The molecule has 1 heterocycles. The molecule has 152 valence electrons. The highest BCUT2D eigenvalue weighted by Gasteiger charge is 2.34.